The molecule has 1 fully saturated rings. The fourth-order valence-corrected chi connectivity index (χ4v) is 1.53. The van der Waals surface area contributed by atoms with Gasteiger partial charge in [0.15, 0.2) is 0 Å². The Balaban J connectivity index is 2.39. The minimum absolute atomic E-state index is 0.0413. The lowest BCUT2D eigenvalue weighted by Gasteiger charge is -2.32. The second kappa shape index (κ2) is 5.32. The van der Waals surface area contributed by atoms with Crippen LogP contribution in [-0.2, 0) is 9.47 Å². The minimum Gasteiger partial charge on any atom is -0.382 e. The number of nitrogens with one attached hydrogen (secondary N) is 1. The maximum Gasteiger partial charge on any atom is 0.318 e. The molecule has 5 nitrogen and oxygen atoms in total. The lowest BCUT2D eigenvalue weighted by molar-refractivity contribution is 0.0488. The van der Waals surface area contributed by atoms with Crippen LogP contribution in [0.3, 0.4) is 0 Å². The van der Waals surface area contributed by atoms with Crippen LogP contribution in [0.2, 0.25) is 0 Å². The number of hydrogen-bond donors (Lipinski definition) is 1. The molecule has 0 aromatic carbocycles. The quantitative estimate of drug-likeness (QED) is 0.745. The topological polar surface area (TPSA) is 50.8 Å². The normalized spacial score (nSPS) is 17.7. The molecule has 0 aromatic heterocycles. The van der Waals surface area contributed by atoms with Gasteiger partial charge in [0.05, 0.1) is 25.4 Å². The standard InChI is InChI=1S/C10H20N2O3/c1-10(2,8-14-3)11-9(13)12-4-6-15-7-5-12/h4-8H2,1-3H3,(H,11,13). The summed E-state index contributed by atoms with van der Waals surface area (Å²) in [5, 5.41) is 2.93. The zero-order valence-corrected chi connectivity index (χ0v) is 9.71. The van der Waals surface area contributed by atoms with Crippen molar-refractivity contribution in [2.24, 2.45) is 0 Å². The molecular weight excluding hydrogens is 196 g/mol. The lowest BCUT2D eigenvalue weighted by Crippen LogP contribution is -2.54. The van der Waals surface area contributed by atoms with Gasteiger partial charge in [-0.2, -0.15) is 0 Å². The van der Waals surface area contributed by atoms with Crippen molar-refractivity contribution in [1.82, 2.24) is 10.2 Å². The summed E-state index contributed by atoms with van der Waals surface area (Å²) in [5.41, 5.74) is -0.329. The number of urea groups is 1. The summed E-state index contributed by atoms with van der Waals surface area (Å²) < 4.78 is 10.2. The highest BCUT2D eigenvalue weighted by Crippen LogP contribution is 2.05. The summed E-state index contributed by atoms with van der Waals surface area (Å²) in [6.45, 7) is 6.95. The molecular formula is C10H20N2O3. The van der Waals surface area contributed by atoms with Gasteiger partial charge in [-0.15, -0.1) is 0 Å². The first-order chi connectivity index (χ1) is 7.05. The van der Waals surface area contributed by atoms with E-state index in [-0.39, 0.29) is 11.6 Å². The molecule has 0 spiro atoms. The van der Waals surface area contributed by atoms with Gasteiger partial charge in [0.25, 0.3) is 0 Å². The third-order valence-electron chi connectivity index (χ3n) is 2.25. The molecule has 0 atom stereocenters. The Morgan fingerprint density at radius 2 is 2.07 bits per heavy atom. The van der Waals surface area contributed by atoms with E-state index in [1.54, 1.807) is 12.0 Å². The first-order valence-corrected chi connectivity index (χ1v) is 5.19. The van der Waals surface area contributed by atoms with Crippen LogP contribution in [-0.4, -0.2) is 56.5 Å². The lowest BCUT2D eigenvalue weighted by atomic mass is 10.1. The largest absolute Gasteiger partial charge is 0.382 e. The van der Waals surface area contributed by atoms with Gasteiger partial charge >= 0.3 is 6.03 Å². The molecule has 1 aliphatic rings. The van der Waals surface area contributed by atoms with Crippen LogP contribution in [0.15, 0.2) is 0 Å². The second-order valence-corrected chi connectivity index (χ2v) is 4.35. The van der Waals surface area contributed by atoms with Crippen LogP contribution >= 0.6 is 0 Å². The smallest absolute Gasteiger partial charge is 0.318 e. The number of rotatable bonds is 3. The first-order valence-electron chi connectivity index (χ1n) is 5.19. The van der Waals surface area contributed by atoms with E-state index in [1.165, 1.54) is 0 Å². The molecule has 1 rings (SSSR count). The molecule has 0 saturated carbocycles. The van der Waals surface area contributed by atoms with Gasteiger partial charge < -0.3 is 19.7 Å². The van der Waals surface area contributed by atoms with Gasteiger partial charge in [-0.25, -0.2) is 4.79 Å². The molecule has 88 valence electrons. The maximum absolute atomic E-state index is 11.8. The SMILES string of the molecule is COCC(C)(C)NC(=O)N1CCOCC1. The van der Waals surface area contributed by atoms with Crippen molar-refractivity contribution in [3.8, 4) is 0 Å². The number of morpholine rings is 1. The third-order valence-corrected chi connectivity index (χ3v) is 2.25. The fourth-order valence-electron chi connectivity index (χ4n) is 1.53. The average Bonchev–Trinajstić information content (AvgIpc) is 2.18. The highest BCUT2D eigenvalue weighted by molar-refractivity contribution is 5.75. The van der Waals surface area contributed by atoms with E-state index < -0.39 is 0 Å². The van der Waals surface area contributed by atoms with Crippen molar-refractivity contribution in [3.05, 3.63) is 0 Å². The van der Waals surface area contributed by atoms with Crippen LogP contribution in [0.1, 0.15) is 13.8 Å². The monoisotopic (exact) mass is 216 g/mol. The summed E-state index contributed by atoms with van der Waals surface area (Å²) in [7, 11) is 1.63. The Hall–Kier alpha value is -0.810. The van der Waals surface area contributed by atoms with E-state index in [0.717, 1.165) is 0 Å². The van der Waals surface area contributed by atoms with Gasteiger partial charge in [-0.05, 0) is 13.8 Å². The Morgan fingerprint density at radius 3 is 2.60 bits per heavy atom. The van der Waals surface area contributed by atoms with Gasteiger partial charge in [0, 0.05) is 20.2 Å². The van der Waals surface area contributed by atoms with E-state index >= 15 is 0 Å². The summed E-state index contributed by atoms with van der Waals surface area (Å²) in [6, 6.07) is -0.0413. The van der Waals surface area contributed by atoms with Crippen LogP contribution in [0, 0.1) is 0 Å². The van der Waals surface area contributed by atoms with Gasteiger partial charge in [-0.1, -0.05) is 0 Å². The van der Waals surface area contributed by atoms with Crippen LogP contribution in [0.4, 0.5) is 4.79 Å². The zero-order valence-electron chi connectivity index (χ0n) is 9.71. The molecule has 5 heteroatoms. The number of carbonyl (C=O) groups excluding carboxylic acids is 1. The van der Waals surface area contributed by atoms with E-state index in [4.69, 9.17) is 9.47 Å². The number of carbonyl (C=O) groups is 1. The van der Waals surface area contributed by atoms with Crippen molar-refractivity contribution in [1.29, 1.82) is 0 Å². The Kier molecular flexibility index (Phi) is 4.35. The van der Waals surface area contributed by atoms with E-state index in [1.807, 2.05) is 13.8 Å². The van der Waals surface area contributed by atoms with E-state index in [2.05, 4.69) is 5.32 Å². The van der Waals surface area contributed by atoms with Gasteiger partial charge in [0.1, 0.15) is 0 Å². The van der Waals surface area contributed by atoms with Crippen LogP contribution in [0.5, 0.6) is 0 Å². The van der Waals surface area contributed by atoms with Gasteiger partial charge in [0.2, 0.25) is 0 Å². The summed E-state index contributed by atoms with van der Waals surface area (Å²) >= 11 is 0. The minimum atomic E-state index is -0.329. The second-order valence-electron chi connectivity index (χ2n) is 4.35. The molecule has 1 aliphatic heterocycles. The van der Waals surface area contributed by atoms with Gasteiger partial charge in [-0.3, -0.25) is 0 Å². The van der Waals surface area contributed by atoms with E-state index in [9.17, 15) is 4.79 Å². The molecule has 0 aromatic rings. The predicted molar refractivity (Wildman–Crippen MR) is 56.9 cm³/mol. The fraction of sp³-hybridized carbons (Fsp3) is 0.900. The number of ether oxygens (including phenoxy) is 2. The Labute approximate surface area is 90.7 Å². The Morgan fingerprint density at radius 1 is 1.47 bits per heavy atom. The zero-order chi connectivity index (χ0) is 11.3. The molecule has 0 aliphatic carbocycles. The number of hydrogen-bond acceptors (Lipinski definition) is 3. The highest BCUT2D eigenvalue weighted by Gasteiger charge is 2.24. The van der Waals surface area contributed by atoms with Crippen molar-refractivity contribution in [2.45, 2.75) is 19.4 Å². The average molecular weight is 216 g/mol. The van der Waals surface area contributed by atoms with Crippen molar-refractivity contribution >= 4 is 6.03 Å². The number of amides is 2. The molecule has 0 radical (unpaired) electrons. The van der Waals surface area contributed by atoms with E-state index in [0.29, 0.717) is 32.9 Å². The molecule has 2 amide bonds. The molecule has 1 N–H and O–H groups in total. The Bertz CT molecular complexity index is 213. The highest BCUT2D eigenvalue weighted by atomic mass is 16.5. The van der Waals surface area contributed by atoms with Crippen molar-refractivity contribution in [2.75, 3.05) is 40.0 Å². The molecule has 0 bridgehead atoms. The van der Waals surface area contributed by atoms with Crippen LogP contribution in [0.25, 0.3) is 0 Å². The summed E-state index contributed by atoms with van der Waals surface area (Å²) in [6.07, 6.45) is 0. The van der Waals surface area contributed by atoms with Crippen molar-refractivity contribution in [3.63, 3.8) is 0 Å². The third kappa shape index (κ3) is 4.05. The number of nitrogens with zero attached hydrogens (tertiary/aromatic N) is 1. The molecule has 1 saturated heterocycles. The van der Waals surface area contributed by atoms with Crippen molar-refractivity contribution < 1.29 is 14.3 Å². The molecule has 15 heavy (non-hydrogen) atoms. The maximum atomic E-state index is 11.8. The summed E-state index contributed by atoms with van der Waals surface area (Å²) in [4.78, 5) is 13.6. The first kappa shape index (κ1) is 12.3. The molecule has 0 unspecified atom stereocenters. The summed E-state index contributed by atoms with van der Waals surface area (Å²) in [5.74, 6) is 0. The number of methoxy groups -OCH3 is 1. The predicted octanol–water partition coefficient (Wildman–Crippen LogP) is 0.453. The molecule has 1 heterocycles. The van der Waals surface area contributed by atoms with Crippen LogP contribution < -0.4 is 5.32 Å².